The van der Waals surface area contributed by atoms with E-state index < -0.39 is 0 Å². The fraction of sp³-hybridized carbons (Fsp3) is 0.200. The van der Waals surface area contributed by atoms with Gasteiger partial charge in [0.25, 0.3) is 5.78 Å². The number of hydrogen-bond donors (Lipinski definition) is 1. The molecule has 0 unspecified atom stereocenters. The molecule has 1 aromatic carbocycles. The monoisotopic (exact) mass is 377 g/mol. The Morgan fingerprint density at radius 1 is 1.39 bits per heavy atom. The summed E-state index contributed by atoms with van der Waals surface area (Å²) in [5, 5.41) is 6.97. The van der Waals surface area contributed by atoms with Gasteiger partial charge in [0.1, 0.15) is 5.82 Å². The first-order valence-corrected chi connectivity index (χ1v) is 7.78. The fourth-order valence-corrected chi connectivity index (χ4v) is 2.52. The van der Waals surface area contributed by atoms with Crippen molar-refractivity contribution in [3.8, 4) is 0 Å². The van der Waals surface area contributed by atoms with E-state index in [-0.39, 0.29) is 18.1 Å². The number of benzene rings is 1. The van der Waals surface area contributed by atoms with Crippen molar-refractivity contribution in [3.05, 3.63) is 58.3 Å². The van der Waals surface area contributed by atoms with Crippen LogP contribution >= 0.6 is 15.9 Å². The van der Waals surface area contributed by atoms with Gasteiger partial charge in [0.2, 0.25) is 5.91 Å². The van der Waals surface area contributed by atoms with E-state index >= 15 is 0 Å². The summed E-state index contributed by atoms with van der Waals surface area (Å²) in [7, 11) is 0. The normalized spacial score (nSPS) is 10.9. The number of nitrogens with one attached hydrogen (secondary N) is 1. The topological polar surface area (TPSA) is 72.2 Å². The lowest BCUT2D eigenvalue weighted by Gasteiger charge is -2.05. The van der Waals surface area contributed by atoms with Crippen LogP contribution in [-0.2, 0) is 17.6 Å². The number of amides is 1. The van der Waals surface area contributed by atoms with E-state index in [4.69, 9.17) is 0 Å². The molecule has 8 heteroatoms. The summed E-state index contributed by atoms with van der Waals surface area (Å²) in [6, 6.07) is 6.54. The van der Waals surface area contributed by atoms with Crippen LogP contribution in [0.3, 0.4) is 0 Å². The Morgan fingerprint density at radius 3 is 3.04 bits per heavy atom. The number of carbonyl (C=O) groups is 1. The minimum Gasteiger partial charge on any atom is -0.355 e. The number of halogens is 2. The predicted molar refractivity (Wildman–Crippen MR) is 85.3 cm³/mol. The van der Waals surface area contributed by atoms with Crippen LogP contribution in [-0.4, -0.2) is 32.0 Å². The Morgan fingerprint density at radius 2 is 2.26 bits per heavy atom. The van der Waals surface area contributed by atoms with Gasteiger partial charge in [-0.05, 0) is 46.1 Å². The molecule has 2 heterocycles. The highest BCUT2D eigenvalue weighted by molar-refractivity contribution is 9.10. The van der Waals surface area contributed by atoms with Gasteiger partial charge in [-0.2, -0.15) is 4.98 Å². The number of fused-ring (bicyclic) bond motifs is 1. The molecule has 0 fully saturated rings. The molecule has 0 spiro atoms. The maximum atomic E-state index is 13.1. The van der Waals surface area contributed by atoms with Gasteiger partial charge in [0.15, 0.2) is 5.82 Å². The number of aromatic nitrogens is 4. The number of rotatable bonds is 5. The molecule has 1 N–H and O–H groups in total. The Hall–Kier alpha value is -2.35. The zero-order valence-electron chi connectivity index (χ0n) is 12.0. The molecule has 118 valence electrons. The third-order valence-corrected chi connectivity index (χ3v) is 3.81. The van der Waals surface area contributed by atoms with E-state index in [9.17, 15) is 9.18 Å². The van der Waals surface area contributed by atoms with Gasteiger partial charge < -0.3 is 5.32 Å². The van der Waals surface area contributed by atoms with E-state index in [0.717, 1.165) is 5.56 Å². The Labute approximate surface area is 139 Å². The molecule has 23 heavy (non-hydrogen) atoms. The highest BCUT2D eigenvalue weighted by Gasteiger charge is 2.09. The first-order valence-electron chi connectivity index (χ1n) is 6.99. The second kappa shape index (κ2) is 6.82. The van der Waals surface area contributed by atoms with Crippen molar-refractivity contribution < 1.29 is 9.18 Å². The maximum absolute atomic E-state index is 13.1. The van der Waals surface area contributed by atoms with Crippen LogP contribution in [0.25, 0.3) is 5.78 Å². The van der Waals surface area contributed by atoms with Crippen molar-refractivity contribution in [1.82, 2.24) is 24.9 Å². The summed E-state index contributed by atoms with van der Waals surface area (Å²) in [4.78, 5) is 20.1. The van der Waals surface area contributed by atoms with Gasteiger partial charge >= 0.3 is 0 Å². The van der Waals surface area contributed by atoms with Crippen molar-refractivity contribution >= 4 is 27.6 Å². The second-order valence-corrected chi connectivity index (χ2v) is 5.77. The van der Waals surface area contributed by atoms with E-state index in [1.54, 1.807) is 30.6 Å². The van der Waals surface area contributed by atoms with Crippen molar-refractivity contribution in [3.63, 3.8) is 0 Å². The van der Waals surface area contributed by atoms with Crippen molar-refractivity contribution in [2.24, 2.45) is 0 Å². The summed E-state index contributed by atoms with van der Waals surface area (Å²) in [6.07, 6.45) is 4.05. The van der Waals surface area contributed by atoms with Gasteiger partial charge in [-0.1, -0.05) is 6.07 Å². The second-order valence-electron chi connectivity index (χ2n) is 4.92. The molecule has 0 aliphatic rings. The molecule has 0 atom stereocenters. The van der Waals surface area contributed by atoms with E-state index in [1.165, 1.54) is 10.6 Å². The number of nitrogens with zero attached hydrogens (tertiary/aromatic N) is 4. The summed E-state index contributed by atoms with van der Waals surface area (Å²) in [5.74, 6) is 0.420. The molecule has 2 aromatic heterocycles. The Balaban J connectivity index is 1.52. The lowest BCUT2D eigenvalue weighted by atomic mass is 10.1. The smallest absolute Gasteiger partial charge is 0.252 e. The standard InChI is InChI=1S/C15H13BrFN5O/c16-11-8-10(2-3-12(11)17)4-6-18-14(23)9-13-20-15-19-5-1-7-22(15)21-13/h1-3,5,7-8H,4,6,9H2,(H,18,23). The number of carbonyl (C=O) groups excluding carboxylic acids is 1. The zero-order valence-corrected chi connectivity index (χ0v) is 13.6. The molecule has 1 amide bonds. The average molecular weight is 378 g/mol. The van der Waals surface area contributed by atoms with Crippen LogP contribution in [0, 0.1) is 5.82 Å². The fourth-order valence-electron chi connectivity index (χ4n) is 2.10. The molecule has 0 saturated carbocycles. The molecule has 0 saturated heterocycles. The van der Waals surface area contributed by atoms with Gasteiger partial charge in [-0.15, -0.1) is 5.10 Å². The quantitative estimate of drug-likeness (QED) is 0.737. The van der Waals surface area contributed by atoms with E-state index in [2.05, 4.69) is 36.3 Å². The summed E-state index contributed by atoms with van der Waals surface area (Å²) in [5.41, 5.74) is 0.939. The zero-order chi connectivity index (χ0) is 16.2. The Kier molecular flexibility index (Phi) is 4.61. The van der Waals surface area contributed by atoms with Crippen LogP contribution in [0.4, 0.5) is 4.39 Å². The predicted octanol–water partition coefficient (Wildman–Crippen LogP) is 1.93. The van der Waals surface area contributed by atoms with Gasteiger partial charge in [0, 0.05) is 18.9 Å². The third kappa shape index (κ3) is 3.89. The van der Waals surface area contributed by atoms with Crippen LogP contribution in [0.5, 0.6) is 0 Å². The molecular formula is C15H13BrFN5O. The average Bonchev–Trinajstić information content (AvgIpc) is 2.93. The molecule has 0 bridgehead atoms. The molecule has 0 radical (unpaired) electrons. The number of hydrogen-bond acceptors (Lipinski definition) is 4. The minimum atomic E-state index is -0.302. The Bertz CT molecular complexity index is 818. The lowest BCUT2D eigenvalue weighted by Crippen LogP contribution is -2.27. The van der Waals surface area contributed by atoms with Crippen molar-refractivity contribution in [2.75, 3.05) is 6.54 Å². The van der Waals surface area contributed by atoms with Gasteiger partial charge in [0.05, 0.1) is 10.9 Å². The van der Waals surface area contributed by atoms with E-state index in [1.807, 2.05) is 0 Å². The maximum Gasteiger partial charge on any atom is 0.252 e. The lowest BCUT2D eigenvalue weighted by molar-refractivity contribution is -0.120. The van der Waals surface area contributed by atoms with Gasteiger partial charge in [-0.3, -0.25) is 4.79 Å². The summed E-state index contributed by atoms with van der Waals surface area (Å²) >= 11 is 3.14. The van der Waals surface area contributed by atoms with Crippen LogP contribution in [0.15, 0.2) is 41.1 Å². The molecule has 6 nitrogen and oxygen atoms in total. The summed E-state index contributed by atoms with van der Waals surface area (Å²) < 4.78 is 15.1. The SMILES string of the molecule is O=C(Cc1nc2ncccn2n1)NCCc1ccc(F)c(Br)c1. The molecule has 0 aliphatic carbocycles. The third-order valence-electron chi connectivity index (χ3n) is 3.20. The van der Waals surface area contributed by atoms with Crippen molar-refractivity contribution in [2.45, 2.75) is 12.8 Å². The first kappa shape index (κ1) is 15.5. The highest BCUT2D eigenvalue weighted by Crippen LogP contribution is 2.16. The van der Waals surface area contributed by atoms with E-state index in [0.29, 0.717) is 29.0 Å². The molecule has 3 rings (SSSR count). The molecule has 0 aliphatic heterocycles. The molecular weight excluding hydrogens is 365 g/mol. The molecule has 3 aromatic rings. The summed E-state index contributed by atoms with van der Waals surface area (Å²) in [6.45, 7) is 0.461. The largest absolute Gasteiger partial charge is 0.355 e. The van der Waals surface area contributed by atoms with Crippen LogP contribution < -0.4 is 5.32 Å². The first-order chi connectivity index (χ1) is 11.1. The van der Waals surface area contributed by atoms with Crippen molar-refractivity contribution in [1.29, 1.82) is 0 Å². The van der Waals surface area contributed by atoms with Crippen LogP contribution in [0.2, 0.25) is 0 Å². The highest BCUT2D eigenvalue weighted by atomic mass is 79.9. The minimum absolute atomic E-state index is 0.0937. The van der Waals surface area contributed by atoms with Crippen LogP contribution in [0.1, 0.15) is 11.4 Å². The van der Waals surface area contributed by atoms with Gasteiger partial charge in [-0.25, -0.2) is 13.9 Å².